The lowest BCUT2D eigenvalue weighted by Gasteiger charge is -2.23. The molecule has 0 saturated heterocycles. The number of benzene rings is 2. The number of rotatable bonds is 7. The summed E-state index contributed by atoms with van der Waals surface area (Å²) in [6, 6.07) is 12.1. The maximum Gasteiger partial charge on any atom is 0.254 e. The van der Waals surface area contributed by atoms with Crippen molar-refractivity contribution in [3.63, 3.8) is 0 Å². The van der Waals surface area contributed by atoms with Gasteiger partial charge in [0.1, 0.15) is 5.82 Å². The topological polar surface area (TPSA) is 66.5 Å². The van der Waals surface area contributed by atoms with Crippen LogP contribution in [-0.2, 0) is 16.6 Å². The van der Waals surface area contributed by atoms with Crippen molar-refractivity contribution in [1.29, 1.82) is 0 Å². The molecule has 7 heteroatoms. The normalized spacial score (nSPS) is 14.4. The zero-order valence-corrected chi connectivity index (χ0v) is 16.2. The van der Waals surface area contributed by atoms with Gasteiger partial charge in [0.05, 0.1) is 4.90 Å². The summed E-state index contributed by atoms with van der Waals surface area (Å²) in [5.74, 6) is -0.509. The number of sulfonamides is 1. The molecule has 3 rings (SSSR count). The second kappa shape index (κ2) is 7.78. The quantitative estimate of drug-likeness (QED) is 0.789. The van der Waals surface area contributed by atoms with Gasteiger partial charge in [-0.3, -0.25) is 4.79 Å². The molecule has 144 valence electrons. The lowest BCUT2D eigenvalue weighted by Crippen LogP contribution is -2.33. The van der Waals surface area contributed by atoms with Gasteiger partial charge in [0.2, 0.25) is 10.0 Å². The number of carbonyl (C=O) groups is 1. The molecule has 1 amide bonds. The van der Waals surface area contributed by atoms with Crippen molar-refractivity contribution in [1.82, 2.24) is 9.62 Å². The first-order chi connectivity index (χ1) is 12.8. The average molecular weight is 390 g/mol. The monoisotopic (exact) mass is 390 g/mol. The summed E-state index contributed by atoms with van der Waals surface area (Å²) in [5, 5.41) is 0. The Labute approximate surface area is 159 Å². The summed E-state index contributed by atoms with van der Waals surface area (Å²) in [7, 11) is -3.60. The summed E-state index contributed by atoms with van der Waals surface area (Å²) >= 11 is 0. The fourth-order valence-electron chi connectivity index (χ4n) is 2.91. The van der Waals surface area contributed by atoms with E-state index >= 15 is 0 Å². The van der Waals surface area contributed by atoms with E-state index in [-0.39, 0.29) is 28.7 Å². The third kappa shape index (κ3) is 4.93. The van der Waals surface area contributed by atoms with Gasteiger partial charge >= 0.3 is 0 Å². The zero-order valence-electron chi connectivity index (χ0n) is 15.4. The third-order valence-electron chi connectivity index (χ3n) is 4.29. The molecule has 2 aromatic carbocycles. The van der Waals surface area contributed by atoms with E-state index in [4.69, 9.17) is 0 Å². The average Bonchev–Trinajstić information content (AvgIpc) is 3.43. The minimum atomic E-state index is -3.60. The van der Waals surface area contributed by atoms with Crippen LogP contribution in [-0.4, -0.2) is 31.3 Å². The largest absolute Gasteiger partial charge is 0.331 e. The maximum atomic E-state index is 13.4. The van der Waals surface area contributed by atoms with E-state index in [1.165, 1.54) is 36.4 Å². The van der Waals surface area contributed by atoms with Gasteiger partial charge < -0.3 is 4.90 Å². The standard InChI is InChI=1S/C20H23FN2O3S/c1-14(2)22-27(25,26)19-10-6-16(7-11-19)20(24)23(18-8-9-18)13-15-4-3-5-17(21)12-15/h3-7,10-12,14,18,22H,8-9,13H2,1-2H3. The first kappa shape index (κ1) is 19.5. The molecule has 27 heavy (non-hydrogen) atoms. The molecule has 0 atom stereocenters. The molecule has 0 aromatic heterocycles. The first-order valence-electron chi connectivity index (χ1n) is 8.94. The predicted molar refractivity (Wildman–Crippen MR) is 101 cm³/mol. The molecule has 0 unspecified atom stereocenters. The Bertz CT molecular complexity index is 922. The van der Waals surface area contributed by atoms with Crippen LogP contribution in [0.3, 0.4) is 0 Å². The van der Waals surface area contributed by atoms with Crippen LogP contribution in [0.5, 0.6) is 0 Å². The summed E-state index contributed by atoms with van der Waals surface area (Å²) in [4.78, 5) is 14.8. The Morgan fingerprint density at radius 2 is 1.85 bits per heavy atom. The van der Waals surface area contributed by atoms with Crippen molar-refractivity contribution in [3.05, 3.63) is 65.5 Å². The molecular formula is C20H23FN2O3S. The van der Waals surface area contributed by atoms with Gasteiger partial charge in [0, 0.05) is 24.2 Å². The summed E-state index contributed by atoms with van der Waals surface area (Å²) in [5.41, 5.74) is 1.15. The molecule has 0 bridgehead atoms. The molecule has 1 fully saturated rings. The first-order valence-corrected chi connectivity index (χ1v) is 10.4. The van der Waals surface area contributed by atoms with Crippen LogP contribution in [0.2, 0.25) is 0 Å². The number of halogens is 1. The van der Waals surface area contributed by atoms with Gasteiger partial charge in [-0.15, -0.1) is 0 Å². The molecule has 5 nitrogen and oxygen atoms in total. The van der Waals surface area contributed by atoms with Gasteiger partial charge in [-0.05, 0) is 68.7 Å². The molecule has 1 aliphatic carbocycles. The number of carbonyl (C=O) groups excluding carboxylic acids is 1. The SMILES string of the molecule is CC(C)NS(=O)(=O)c1ccc(C(=O)N(Cc2cccc(F)c2)C2CC2)cc1. The van der Waals surface area contributed by atoms with Crippen LogP contribution in [0.4, 0.5) is 4.39 Å². The van der Waals surface area contributed by atoms with Crippen molar-refractivity contribution in [2.75, 3.05) is 0 Å². The molecule has 0 aliphatic heterocycles. The van der Waals surface area contributed by atoms with Crippen LogP contribution < -0.4 is 4.72 Å². The number of nitrogens with one attached hydrogen (secondary N) is 1. The minimum Gasteiger partial charge on any atom is -0.331 e. The number of hydrogen-bond donors (Lipinski definition) is 1. The van der Waals surface area contributed by atoms with Gasteiger partial charge in [-0.25, -0.2) is 17.5 Å². The molecule has 2 aromatic rings. The highest BCUT2D eigenvalue weighted by molar-refractivity contribution is 7.89. The van der Waals surface area contributed by atoms with Gasteiger partial charge in [0.15, 0.2) is 0 Å². The van der Waals surface area contributed by atoms with Gasteiger partial charge in [-0.2, -0.15) is 0 Å². The zero-order chi connectivity index (χ0) is 19.6. The Morgan fingerprint density at radius 3 is 2.41 bits per heavy atom. The fraction of sp³-hybridized carbons (Fsp3) is 0.350. The lowest BCUT2D eigenvalue weighted by atomic mass is 10.1. The summed E-state index contributed by atoms with van der Waals surface area (Å²) < 4.78 is 40.4. The lowest BCUT2D eigenvalue weighted by molar-refractivity contribution is 0.0729. The van der Waals surface area contributed by atoms with E-state index in [2.05, 4.69) is 4.72 Å². The van der Waals surface area contributed by atoms with Crippen LogP contribution >= 0.6 is 0 Å². The molecule has 0 heterocycles. The van der Waals surface area contributed by atoms with Crippen LogP contribution in [0.15, 0.2) is 53.4 Å². The van der Waals surface area contributed by atoms with E-state index in [1.54, 1.807) is 30.9 Å². The van der Waals surface area contributed by atoms with Crippen molar-refractivity contribution in [2.45, 2.75) is 50.2 Å². The fourth-order valence-corrected chi connectivity index (χ4v) is 4.16. The highest BCUT2D eigenvalue weighted by Crippen LogP contribution is 2.30. The summed E-state index contributed by atoms with van der Waals surface area (Å²) in [6.45, 7) is 3.82. The van der Waals surface area contributed by atoms with Gasteiger partial charge in [0.25, 0.3) is 5.91 Å². The van der Waals surface area contributed by atoms with Crippen molar-refractivity contribution >= 4 is 15.9 Å². The van der Waals surface area contributed by atoms with E-state index < -0.39 is 10.0 Å². The maximum absolute atomic E-state index is 13.4. The van der Waals surface area contributed by atoms with Crippen LogP contribution in [0, 0.1) is 5.82 Å². The molecule has 1 N–H and O–H groups in total. The van der Waals surface area contributed by atoms with Crippen LogP contribution in [0.1, 0.15) is 42.6 Å². The van der Waals surface area contributed by atoms with Crippen LogP contribution in [0.25, 0.3) is 0 Å². The molecule has 0 radical (unpaired) electrons. The molecule has 1 saturated carbocycles. The van der Waals surface area contributed by atoms with Crippen molar-refractivity contribution < 1.29 is 17.6 Å². The predicted octanol–water partition coefficient (Wildman–Crippen LogP) is 3.32. The second-order valence-electron chi connectivity index (χ2n) is 7.09. The second-order valence-corrected chi connectivity index (χ2v) is 8.81. The number of nitrogens with zero attached hydrogens (tertiary/aromatic N) is 1. The highest BCUT2D eigenvalue weighted by atomic mass is 32.2. The molecule has 0 spiro atoms. The van der Waals surface area contributed by atoms with E-state index in [9.17, 15) is 17.6 Å². The molecular weight excluding hydrogens is 367 g/mol. The Balaban J connectivity index is 1.79. The van der Waals surface area contributed by atoms with Crippen molar-refractivity contribution in [2.24, 2.45) is 0 Å². The van der Waals surface area contributed by atoms with E-state index in [1.807, 2.05) is 0 Å². The Morgan fingerprint density at radius 1 is 1.19 bits per heavy atom. The molecule has 1 aliphatic rings. The van der Waals surface area contributed by atoms with E-state index in [0.717, 1.165) is 18.4 Å². The minimum absolute atomic E-state index is 0.121. The van der Waals surface area contributed by atoms with Gasteiger partial charge in [-0.1, -0.05) is 12.1 Å². The van der Waals surface area contributed by atoms with Crippen molar-refractivity contribution in [3.8, 4) is 0 Å². The number of amides is 1. The highest BCUT2D eigenvalue weighted by Gasteiger charge is 2.33. The third-order valence-corrected chi connectivity index (χ3v) is 5.97. The smallest absolute Gasteiger partial charge is 0.254 e. The summed E-state index contributed by atoms with van der Waals surface area (Å²) in [6.07, 6.45) is 1.84. The van der Waals surface area contributed by atoms with E-state index in [0.29, 0.717) is 12.1 Å². The number of hydrogen-bond acceptors (Lipinski definition) is 3. The Hall–Kier alpha value is -2.25. The Kier molecular flexibility index (Phi) is 5.62.